The van der Waals surface area contributed by atoms with Gasteiger partial charge in [-0.25, -0.2) is 12.8 Å². The molecule has 18 heavy (non-hydrogen) atoms. The Morgan fingerprint density at radius 1 is 1.44 bits per heavy atom. The third-order valence-electron chi connectivity index (χ3n) is 2.63. The number of hydrogen-bond donors (Lipinski definition) is 1. The lowest BCUT2D eigenvalue weighted by atomic mass is 10.3. The molecule has 0 amide bonds. The van der Waals surface area contributed by atoms with Gasteiger partial charge in [0.15, 0.2) is 4.77 Å². The highest BCUT2D eigenvalue weighted by Gasteiger charge is 2.07. The lowest BCUT2D eigenvalue weighted by Crippen LogP contribution is -2.07. The van der Waals surface area contributed by atoms with Crippen molar-refractivity contribution in [3.05, 3.63) is 28.8 Å². The van der Waals surface area contributed by atoms with Gasteiger partial charge in [0.05, 0.1) is 16.8 Å². The molecule has 1 aromatic heterocycles. The number of fused-ring (bicyclic) bond motifs is 1. The molecule has 0 saturated heterocycles. The monoisotopic (exact) mass is 288 g/mol. The van der Waals surface area contributed by atoms with E-state index in [0.29, 0.717) is 23.3 Å². The van der Waals surface area contributed by atoms with Gasteiger partial charge >= 0.3 is 0 Å². The van der Waals surface area contributed by atoms with E-state index in [9.17, 15) is 12.8 Å². The minimum atomic E-state index is -2.98. The fourth-order valence-corrected chi connectivity index (χ4v) is 2.79. The highest BCUT2D eigenvalue weighted by Crippen LogP contribution is 2.16. The molecule has 7 heteroatoms. The quantitative estimate of drug-likeness (QED) is 0.878. The zero-order chi connectivity index (χ0) is 13.3. The number of hydrogen-bond acceptors (Lipinski definition) is 3. The van der Waals surface area contributed by atoms with Gasteiger partial charge in [0, 0.05) is 12.8 Å². The molecule has 0 aliphatic carbocycles. The minimum Gasteiger partial charge on any atom is -0.331 e. The molecule has 98 valence electrons. The summed E-state index contributed by atoms with van der Waals surface area (Å²) < 4.78 is 37.5. The first kappa shape index (κ1) is 13.2. The van der Waals surface area contributed by atoms with Crippen LogP contribution in [0.3, 0.4) is 0 Å². The van der Waals surface area contributed by atoms with E-state index < -0.39 is 9.84 Å². The van der Waals surface area contributed by atoms with Crippen LogP contribution in [-0.2, 0) is 16.4 Å². The second-order valence-electron chi connectivity index (χ2n) is 4.23. The summed E-state index contributed by atoms with van der Waals surface area (Å²) in [6, 6.07) is 4.37. The van der Waals surface area contributed by atoms with Gasteiger partial charge in [-0.2, -0.15) is 0 Å². The number of rotatable bonds is 4. The van der Waals surface area contributed by atoms with Gasteiger partial charge in [0.2, 0.25) is 0 Å². The Kier molecular flexibility index (Phi) is 3.54. The molecule has 2 rings (SSSR count). The van der Waals surface area contributed by atoms with Crippen molar-refractivity contribution in [3.8, 4) is 0 Å². The average molecular weight is 288 g/mol. The fourth-order valence-electron chi connectivity index (χ4n) is 1.83. The summed E-state index contributed by atoms with van der Waals surface area (Å²) in [5.74, 6) is -0.245. The minimum absolute atomic E-state index is 0.0940. The molecule has 0 saturated carbocycles. The fraction of sp³-hybridized carbons (Fsp3) is 0.364. The molecular formula is C11H13FN2O2S2. The normalized spacial score (nSPS) is 12.1. The van der Waals surface area contributed by atoms with Gasteiger partial charge in [-0.05, 0) is 36.8 Å². The summed E-state index contributed by atoms with van der Waals surface area (Å²) >= 11 is 5.14. The Hall–Kier alpha value is -1.21. The molecule has 4 nitrogen and oxygen atoms in total. The molecule has 0 aliphatic rings. The molecule has 1 aromatic carbocycles. The van der Waals surface area contributed by atoms with Crippen molar-refractivity contribution in [2.24, 2.45) is 0 Å². The van der Waals surface area contributed by atoms with Crippen molar-refractivity contribution in [3.63, 3.8) is 0 Å². The van der Waals surface area contributed by atoms with E-state index in [1.54, 1.807) is 10.6 Å². The van der Waals surface area contributed by atoms with Crippen LogP contribution in [-0.4, -0.2) is 30.0 Å². The van der Waals surface area contributed by atoms with Crippen molar-refractivity contribution in [2.45, 2.75) is 13.0 Å². The molecule has 0 atom stereocenters. The first-order valence-electron chi connectivity index (χ1n) is 5.42. The van der Waals surface area contributed by atoms with Crippen LogP contribution < -0.4 is 0 Å². The second-order valence-corrected chi connectivity index (χ2v) is 6.87. The lowest BCUT2D eigenvalue weighted by molar-refractivity contribution is 0.592. The average Bonchev–Trinajstić information content (AvgIpc) is 2.54. The summed E-state index contributed by atoms with van der Waals surface area (Å²) in [6.45, 7) is 0.454. The van der Waals surface area contributed by atoms with Crippen molar-refractivity contribution < 1.29 is 12.8 Å². The SMILES string of the molecule is CS(=O)(=O)CCCn1c(=S)[nH]c2ccc(F)cc21. The van der Waals surface area contributed by atoms with Crippen LogP contribution in [0.5, 0.6) is 0 Å². The second kappa shape index (κ2) is 4.81. The number of H-pyrrole nitrogens is 1. The first-order valence-corrected chi connectivity index (χ1v) is 7.89. The Morgan fingerprint density at radius 3 is 2.83 bits per heavy atom. The van der Waals surface area contributed by atoms with E-state index >= 15 is 0 Å². The summed E-state index contributed by atoms with van der Waals surface area (Å²) in [4.78, 5) is 2.96. The van der Waals surface area contributed by atoms with Crippen molar-refractivity contribution in [2.75, 3.05) is 12.0 Å². The Bertz CT molecular complexity index is 731. The number of sulfone groups is 1. The summed E-state index contributed by atoms with van der Waals surface area (Å²) in [5.41, 5.74) is 1.41. The largest absolute Gasteiger partial charge is 0.331 e. The number of imidazole rings is 1. The van der Waals surface area contributed by atoms with E-state index in [4.69, 9.17) is 12.2 Å². The third-order valence-corrected chi connectivity index (χ3v) is 3.99. The Balaban J connectivity index is 2.30. The van der Waals surface area contributed by atoms with Crippen LogP contribution in [0.4, 0.5) is 4.39 Å². The highest BCUT2D eigenvalue weighted by molar-refractivity contribution is 7.90. The van der Waals surface area contributed by atoms with Crippen LogP contribution in [0.15, 0.2) is 18.2 Å². The van der Waals surface area contributed by atoms with Gasteiger partial charge in [-0.1, -0.05) is 0 Å². The molecule has 0 fully saturated rings. The third kappa shape index (κ3) is 2.97. The van der Waals surface area contributed by atoms with E-state index in [1.807, 2.05) is 0 Å². The van der Waals surface area contributed by atoms with E-state index in [1.165, 1.54) is 18.4 Å². The molecule has 0 bridgehead atoms. The number of nitrogens with zero attached hydrogens (tertiary/aromatic N) is 1. The first-order chi connectivity index (χ1) is 8.37. The van der Waals surface area contributed by atoms with Crippen molar-refractivity contribution >= 4 is 33.1 Å². The smallest absolute Gasteiger partial charge is 0.178 e. The van der Waals surface area contributed by atoms with Gasteiger partial charge in [0.1, 0.15) is 15.7 Å². The summed E-state index contributed by atoms with van der Waals surface area (Å²) in [6.07, 6.45) is 1.65. The summed E-state index contributed by atoms with van der Waals surface area (Å²) in [5, 5.41) is 0. The molecular weight excluding hydrogens is 275 g/mol. The number of nitrogens with one attached hydrogen (secondary N) is 1. The molecule has 1 heterocycles. The van der Waals surface area contributed by atoms with E-state index in [-0.39, 0.29) is 11.6 Å². The van der Waals surface area contributed by atoms with Gasteiger partial charge in [-0.3, -0.25) is 0 Å². The van der Waals surface area contributed by atoms with Crippen LogP contribution in [0.25, 0.3) is 11.0 Å². The topological polar surface area (TPSA) is 54.9 Å². The van der Waals surface area contributed by atoms with E-state index in [2.05, 4.69) is 4.98 Å². The maximum atomic E-state index is 13.2. The Morgan fingerprint density at radius 2 is 2.17 bits per heavy atom. The number of halogens is 1. The van der Waals surface area contributed by atoms with Gasteiger partial charge in [0.25, 0.3) is 0 Å². The van der Waals surface area contributed by atoms with Crippen molar-refractivity contribution in [1.82, 2.24) is 9.55 Å². The number of benzene rings is 1. The molecule has 0 unspecified atom stereocenters. The number of aromatic nitrogens is 2. The standard InChI is InChI=1S/C11H13FN2O2S2/c1-18(15,16)6-2-5-14-10-7-8(12)3-4-9(10)13-11(14)17/h3-4,7H,2,5-6H2,1H3,(H,13,17). The van der Waals surface area contributed by atoms with Crippen LogP contribution in [0.1, 0.15) is 6.42 Å². The predicted molar refractivity (Wildman–Crippen MR) is 71.4 cm³/mol. The van der Waals surface area contributed by atoms with Gasteiger partial charge in [-0.15, -0.1) is 0 Å². The van der Waals surface area contributed by atoms with E-state index in [0.717, 1.165) is 5.52 Å². The van der Waals surface area contributed by atoms with Crippen LogP contribution in [0.2, 0.25) is 0 Å². The van der Waals surface area contributed by atoms with Crippen LogP contribution in [0, 0.1) is 10.6 Å². The lowest BCUT2D eigenvalue weighted by Gasteiger charge is -2.03. The highest BCUT2D eigenvalue weighted by atomic mass is 32.2. The van der Waals surface area contributed by atoms with Crippen molar-refractivity contribution in [1.29, 1.82) is 0 Å². The number of aryl methyl sites for hydroxylation is 1. The Labute approximate surface area is 109 Å². The number of aromatic amines is 1. The van der Waals surface area contributed by atoms with Gasteiger partial charge < -0.3 is 9.55 Å². The zero-order valence-electron chi connectivity index (χ0n) is 9.81. The predicted octanol–water partition coefficient (Wildman–Crippen LogP) is 2.27. The molecule has 1 N–H and O–H groups in total. The summed E-state index contributed by atoms with van der Waals surface area (Å²) in [7, 11) is -2.98. The maximum Gasteiger partial charge on any atom is 0.178 e. The maximum absolute atomic E-state index is 13.2. The zero-order valence-corrected chi connectivity index (χ0v) is 11.4. The molecule has 0 radical (unpaired) electrons. The molecule has 0 spiro atoms. The molecule has 2 aromatic rings. The molecule has 0 aliphatic heterocycles. The van der Waals surface area contributed by atoms with Crippen LogP contribution >= 0.6 is 12.2 Å².